The number of amides is 2. The second kappa shape index (κ2) is 10.3. The Morgan fingerprint density at radius 1 is 0.969 bits per heavy atom. The van der Waals surface area contributed by atoms with Crippen molar-refractivity contribution < 1.29 is 28.5 Å². The van der Waals surface area contributed by atoms with E-state index >= 15 is 0 Å². The van der Waals surface area contributed by atoms with E-state index in [1.54, 1.807) is 25.3 Å². The zero-order chi connectivity index (χ0) is 22.3. The third-order valence-electron chi connectivity index (χ3n) is 5.45. The Hall–Kier alpha value is -3.30. The lowest BCUT2D eigenvalue weighted by Crippen LogP contribution is -2.45. The first-order chi connectivity index (χ1) is 15.6. The Bertz CT molecular complexity index is 943. The van der Waals surface area contributed by atoms with Crippen LogP contribution in [-0.4, -0.2) is 69.9 Å². The van der Waals surface area contributed by atoms with E-state index in [1.807, 2.05) is 24.3 Å². The summed E-state index contributed by atoms with van der Waals surface area (Å²) in [5.74, 6) is 0.481. The topological polar surface area (TPSA) is 98.4 Å². The van der Waals surface area contributed by atoms with Crippen molar-refractivity contribution in [2.45, 2.75) is 6.04 Å². The highest BCUT2D eigenvalue weighted by molar-refractivity contribution is 6.39. The molecule has 4 rings (SSSR count). The van der Waals surface area contributed by atoms with Gasteiger partial charge in [-0.25, -0.2) is 0 Å². The Balaban J connectivity index is 1.39. The van der Waals surface area contributed by atoms with Gasteiger partial charge in [-0.1, -0.05) is 12.1 Å². The third-order valence-corrected chi connectivity index (χ3v) is 5.45. The summed E-state index contributed by atoms with van der Waals surface area (Å²) in [6.45, 7) is 3.97. The quantitative estimate of drug-likeness (QED) is 0.657. The van der Waals surface area contributed by atoms with Crippen molar-refractivity contribution in [1.82, 2.24) is 10.2 Å². The Kier molecular flexibility index (Phi) is 7.08. The maximum Gasteiger partial charge on any atom is 0.313 e. The fraction of sp³-hybridized carbons (Fsp3) is 0.391. The van der Waals surface area contributed by atoms with Crippen molar-refractivity contribution in [3.05, 3.63) is 48.0 Å². The van der Waals surface area contributed by atoms with Gasteiger partial charge < -0.3 is 29.6 Å². The molecule has 2 aliphatic rings. The number of anilines is 1. The molecule has 0 aliphatic carbocycles. The van der Waals surface area contributed by atoms with Gasteiger partial charge in [0, 0.05) is 31.4 Å². The summed E-state index contributed by atoms with van der Waals surface area (Å²) < 4.78 is 21.7. The molecule has 2 amide bonds. The number of nitrogens with one attached hydrogen (secondary N) is 2. The van der Waals surface area contributed by atoms with E-state index in [1.165, 1.54) is 0 Å². The molecule has 0 radical (unpaired) electrons. The van der Waals surface area contributed by atoms with Crippen LogP contribution in [0.3, 0.4) is 0 Å². The predicted octanol–water partition coefficient (Wildman–Crippen LogP) is 1.59. The number of morpholine rings is 1. The Morgan fingerprint density at radius 2 is 1.69 bits per heavy atom. The van der Waals surface area contributed by atoms with E-state index in [4.69, 9.17) is 18.9 Å². The molecule has 0 bridgehead atoms. The molecule has 1 atom stereocenters. The number of hydrogen-bond donors (Lipinski definition) is 2. The lowest BCUT2D eigenvalue weighted by Gasteiger charge is -2.34. The van der Waals surface area contributed by atoms with Crippen molar-refractivity contribution in [2.75, 3.05) is 58.5 Å². The van der Waals surface area contributed by atoms with Crippen LogP contribution in [0.15, 0.2) is 42.5 Å². The van der Waals surface area contributed by atoms with Crippen LogP contribution >= 0.6 is 0 Å². The molecule has 2 aromatic rings. The molecule has 32 heavy (non-hydrogen) atoms. The maximum atomic E-state index is 12.5. The van der Waals surface area contributed by atoms with E-state index in [-0.39, 0.29) is 6.04 Å². The van der Waals surface area contributed by atoms with Crippen molar-refractivity contribution in [3.63, 3.8) is 0 Å². The van der Waals surface area contributed by atoms with Crippen LogP contribution in [0, 0.1) is 0 Å². The summed E-state index contributed by atoms with van der Waals surface area (Å²) in [4.78, 5) is 27.2. The van der Waals surface area contributed by atoms with Gasteiger partial charge in [0.1, 0.15) is 19.0 Å². The first-order valence-corrected chi connectivity index (χ1v) is 10.6. The fourth-order valence-corrected chi connectivity index (χ4v) is 3.75. The van der Waals surface area contributed by atoms with Crippen molar-refractivity contribution in [1.29, 1.82) is 0 Å². The number of ether oxygens (including phenoxy) is 4. The first-order valence-electron chi connectivity index (χ1n) is 10.6. The van der Waals surface area contributed by atoms with Crippen LogP contribution in [0.1, 0.15) is 11.6 Å². The van der Waals surface area contributed by atoms with Crippen molar-refractivity contribution in [2.24, 2.45) is 0 Å². The van der Waals surface area contributed by atoms with E-state index in [0.29, 0.717) is 50.2 Å². The van der Waals surface area contributed by atoms with Gasteiger partial charge in [0.25, 0.3) is 0 Å². The molecule has 2 aromatic carbocycles. The molecule has 9 heteroatoms. The first kappa shape index (κ1) is 21.9. The Labute approximate surface area is 186 Å². The van der Waals surface area contributed by atoms with Gasteiger partial charge in [-0.05, 0) is 29.8 Å². The minimum absolute atomic E-state index is 0.0872. The summed E-state index contributed by atoms with van der Waals surface area (Å²) in [5, 5.41) is 5.38. The van der Waals surface area contributed by atoms with Crippen LogP contribution in [0.2, 0.25) is 0 Å². The fourth-order valence-electron chi connectivity index (χ4n) is 3.75. The lowest BCUT2D eigenvalue weighted by atomic mass is 10.0. The minimum atomic E-state index is -0.739. The average molecular weight is 441 g/mol. The second-order valence-electron chi connectivity index (χ2n) is 7.46. The summed E-state index contributed by atoms with van der Waals surface area (Å²) in [6, 6.07) is 12.7. The largest absolute Gasteiger partial charge is 0.497 e. The van der Waals surface area contributed by atoms with Gasteiger partial charge in [0.2, 0.25) is 0 Å². The van der Waals surface area contributed by atoms with E-state index in [9.17, 15) is 9.59 Å². The van der Waals surface area contributed by atoms with Gasteiger partial charge in [-0.15, -0.1) is 0 Å². The van der Waals surface area contributed by atoms with Crippen LogP contribution in [-0.2, 0) is 14.3 Å². The molecule has 9 nitrogen and oxygen atoms in total. The van der Waals surface area contributed by atoms with Crippen LogP contribution in [0.5, 0.6) is 17.2 Å². The monoisotopic (exact) mass is 441 g/mol. The highest BCUT2D eigenvalue weighted by Crippen LogP contribution is 2.32. The number of benzene rings is 2. The number of hydrogen-bond acceptors (Lipinski definition) is 7. The highest BCUT2D eigenvalue weighted by Gasteiger charge is 2.25. The molecule has 2 aliphatic heterocycles. The number of fused-ring (bicyclic) bond motifs is 1. The molecule has 1 fully saturated rings. The van der Waals surface area contributed by atoms with Gasteiger partial charge in [-0.3, -0.25) is 14.5 Å². The van der Waals surface area contributed by atoms with Gasteiger partial charge in [0.05, 0.1) is 26.4 Å². The summed E-state index contributed by atoms with van der Waals surface area (Å²) in [7, 11) is 1.62. The number of carbonyl (C=O) groups excluding carboxylic acids is 2. The maximum absolute atomic E-state index is 12.5. The van der Waals surface area contributed by atoms with Gasteiger partial charge in [0.15, 0.2) is 11.5 Å². The molecule has 2 heterocycles. The van der Waals surface area contributed by atoms with Crippen LogP contribution in [0.4, 0.5) is 5.69 Å². The van der Waals surface area contributed by atoms with Gasteiger partial charge >= 0.3 is 11.8 Å². The van der Waals surface area contributed by atoms with Crippen molar-refractivity contribution in [3.8, 4) is 17.2 Å². The number of methoxy groups -OCH3 is 1. The molecule has 0 aromatic heterocycles. The van der Waals surface area contributed by atoms with Gasteiger partial charge in [-0.2, -0.15) is 0 Å². The van der Waals surface area contributed by atoms with Crippen LogP contribution < -0.4 is 24.8 Å². The lowest BCUT2D eigenvalue weighted by molar-refractivity contribution is -0.136. The normalized spacial score (nSPS) is 16.7. The molecule has 170 valence electrons. The third kappa shape index (κ3) is 5.30. The number of carbonyl (C=O) groups is 2. The average Bonchev–Trinajstić information content (AvgIpc) is 2.85. The SMILES string of the molecule is COc1ccc([C@@H](CNC(=O)C(=O)Nc2ccc3c(c2)OCCO3)N2CCOCC2)cc1. The minimum Gasteiger partial charge on any atom is -0.497 e. The molecular formula is C23H27N3O6. The zero-order valence-electron chi connectivity index (χ0n) is 18.0. The molecule has 2 N–H and O–H groups in total. The summed E-state index contributed by atoms with van der Waals surface area (Å²) in [5.41, 5.74) is 1.49. The predicted molar refractivity (Wildman–Crippen MR) is 117 cm³/mol. The van der Waals surface area contributed by atoms with E-state index < -0.39 is 11.8 Å². The van der Waals surface area contributed by atoms with E-state index in [0.717, 1.165) is 24.4 Å². The molecular weight excluding hydrogens is 414 g/mol. The van der Waals surface area contributed by atoms with Crippen molar-refractivity contribution >= 4 is 17.5 Å². The molecule has 0 unspecified atom stereocenters. The summed E-state index contributed by atoms with van der Waals surface area (Å²) >= 11 is 0. The zero-order valence-corrected chi connectivity index (χ0v) is 18.0. The summed E-state index contributed by atoms with van der Waals surface area (Å²) in [6.07, 6.45) is 0. The Morgan fingerprint density at radius 3 is 2.41 bits per heavy atom. The van der Waals surface area contributed by atoms with Crippen LogP contribution in [0.25, 0.3) is 0 Å². The smallest absolute Gasteiger partial charge is 0.313 e. The van der Waals surface area contributed by atoms with E-state index in [2.05, 4.69) is 15.5 Å². The number of rotatable bonds is 6. The molecule has 0 saturated carbocycles. The molecule has 1 saturated heterocycles. The highest BCUT2D eigenvalue weighted by atomic mass is 16.6. The number of nitrogens with zero attached hydrogens (tertiary/aromatic N) is 1. The standard InChI is InChI=1S/C23H27N3O6/c1-29-18-5-2-16(3-6-18)19(26-8-10-30-11-9-26)15-24-22(27)23(28)25-17-4-7-20-21(14-17)32-13-12-31-20/h2-7,14,19H,8-13,15H2,1H3,(H,24,27)(H,25,28)/t19-/m1/s1. The molecule has 0 spiro atoms. The second-order valence-corrected chi connectivity index (χ2v) is 7.46.